The quantitative estimate of drug-likeness (QED) is 0.740. The Balaban J connectivity index is 2.39. The van der Waals surface area contributed by atoms with E-state index in [1.165, 1.54) is 12.8 Å². The lowest BCUT2D eigenvalue weighted by Gasteiger charge is -2.20. The van der Waals surface area contributed by atoms with Crippen LogP contribution in [0.4, 0.5) is 0 Å². The van der Waals surface area contributed by atoms with E-state index in [4.69, 9.17) is 5.73 Å². The average molecular weight is 216 g/mol. The van der Waals surface area contributed by atoms with Crippen molar-refractivity contribution in [3.05, 3.63) is 0 Å². The molecule has 4 heteroatoms. The Labute approximate surface area is 90.2 Å². The van der Waals surface area contributed by atoms with E-state index in [2.05, 4.69) is 11.6 Å². The summed E-state index contributed by atoms with van der Waals surface area (Å²) in [6.07, 6.45) is 6.36. The molecule has 0 aromatic carbocycles. The molecule has 1 amide bonds. The second kappa shape index (κ2) is 5.61. The zero-order valence-electron chi connectivity index (χ0n) is 8.95. The van der Waals surface area contributed by atoms with E-state index in [1.807, 2.05) is 18.7 Å². The minimum atomic E-state index is -0.335. The maximum atomic E-state index is 11.5. The highest BCUT2D eigenvalue weighted by Crippen LogP contribution is 2.28. The molecule has 1 rings (SSSR count). The van der Waals surface area contributed by atoms with Crippen molar-refractivity contribution in [3.63, 3.8) is 0 Å². The third-order valence-electron chi connectivity index (χ3n) is 2.86. The molecule has 3 unspecified atom stereocenters. The summed E-state index contributed by atoms with van der Waals surface area (Å²) >= 11 is 1.85. The first kappa shape index (κ1) is 11.9. The van der Waals surface area contributed by atoms with Gasteiger partial charge in [-0.1, -0.05) is 13.3 Å². The summed E-state index contributed by atoms with van der Waals surface area (Å²) in [4.78, 5) is 11.5. The second-order valence-corrected chi connectivity index (χ2v) is 4.91. The van der Waals surface area contributed by atoms with Crippen molar-refractivity contribution in [2.75, 3.05) is 6.26 Å². The molecule has 3 atom stereocenters. The summed E-state index contributed by atoms with van der Waals surface area (Å²) in [7, 11) is 0. The van der Waals surface area contributed by atoms with Crippen LogP contribution in [0.15, 0.2) is 0 Å². The smallest absolute Gasteiger partial charge is 0.237 e. The van der Waals surface area contributed by atoms with Gasteiger partial charge in [-0.2, -0.15) is 11.8 Å². The van der Waals surface area contributed by atoms with E-state index in [0.717, 1.165) is 6.42 Å². The molecule has 0 spiro atoms. The number of rotatable bonds is 4. The van der Waals surface area contributed by atoms with Crippen LogP contribution in [0, 0.1) is 0 Å². The van der Waals surface area contributed by atoms with Crippen LogP contribution in [-0.2, 0) is 4.79 Å². The highest BCUT2D eigenvalue weighted by atomic mass is 32.2. The number of amides is 1. The molecule has 0 aliphatic heterocycles. The zero-order chi connectivity index (χ0) is 10.6. The van der Waals surface area contributed by atoms with Crippen LogP contribution in [-0.4, -0.2) is 29.5 Å². The van der Waals surface area contributed by atoms with Gasteiger partial charge in [-0.25, -0.2) is 0 Å². The van der Waals surface area contributed by atoms with E-state index in [9.17, 15) is 4.79 Å². The number of thioether (sulfide) groups is 1. The average Bonchev–Trinajstić information content (AvgIpc) is 2.63. The molecule has 1 aliphatic rings. The first-order valence-electron chi connectivity index (χ1n) is 5.27. The maximum absolute atomic E-state index is 11.5. The number of hydrogen-bond donors (Lipinski definition) is 2. The standard InChI is InChI=1S/C10H20N2OS/c1-3-7(11)10(13)12-8-5-4-6-9(8)14-2/h7-9H,3-6,11H2,1-2H3,(H,12,13). The van der Waals surface area contributed by atoms with E-state index in [1.54, 1.807) is 0 Å². The summed E-state index contributed by atoms with van der Waals surface area (Å²) in [6, 6.07) is 0.00760. The van der Waals surface area contributed by atoms with Crippen molar-refractivity contribution in [2.24, 2.45) is 5.73 Å². The van der Waals surface area contributed by atoms with Gasteiger partial charge in [0.25, 0.3) is 0 Å². The van der Waals surface area contributed by atoms with Gasteiger partial charge in [0.05, 0.1) is 6.04 Å². The summed E-state index contributed by atoms with van der Waals surface area (Å²) in [6.45, 7) is 1.94. The highest BCUT2D eigenvalue weighted by Gasteiger charge is 2.28. The van der Waals surface area contributed by atoms with E-state index >= 15 is 0 Å². The van der Waals surface area contributed by atoms with Crippen molar-refractivity contribution in [2.45, 2.75) is 49.9 Å². The Hall–Kier alpha value is -0.220. The van der Waals surface area contributed by atoms with Crippen molar-refractivity contribution in [1.82, 2.24) is 5.32 Å². The van der Waals surface area contributed by atoms with Gasteiger partial charge in [0.1, 0.15) is 0 Å². The van der Waals surface area contributed by atoms with Crippen LogP contribution in [0.3, 0.4) is 0 Å². The second-order valence-electron chi connectivity index (χ2n) is 3.83. The number of carbonyl (C=O) groups excluding carboxylic acids is 1. The third kappa shape index (κ3) is 2.89. The fourth-order valence-electron chi connectivity index (χ4n) is 1.85. The zero-order valence-corrected chi connectivity index (χ0v) is 9.77. The molecule has 0 aromatic heterocycles. The molecule has 1 aliphatic carbocycles. The lowest BCUT2D eigenvalue weighted by molar-refractivity contribution is -0.123. The number of nitrogens with two attached hydrogens (primary N) is 1. The van der Waals surface area contributed by atoms with Crippen LogP contribution < -0.4 is 11.1 Å². The van der Waals surface area contributed by atoms with E-state index in [0.29, 0.717) is 17.7 Å². The molecule has 0 heterocycles. The Kier molecular flexibility index (Phi) is 4.75. The molecule has 1 saturated carbocycles. The Morgan fingerprint density at radius 3 is 2.93 bits per heavy atom. The van der Waals surface area contributed by atoms with Gasteiger partial charge in [0.2, 0.25) is 5.91 Å². The van der Waals surface area contributed by atoms with Gasteiger partial charge >= 0.3 is 0 Å². The van der Waals surface area contributed by atoms with Crippen molar-refractivity contribution < 1.29 is 4.79 Å². The molecular formula is C10H20N2OS. The van der Waals surface area contributed by atoms with Gasteiger partial charge in [0.15, 0.2) is 0 Å². The molecule has 1 fully saturated rings. The molecule has 82 valence electrons. The number of carbonyl (C=O) groups is 1. The monoisotopic (exact) mass is 216 g/mol. The fourth-order valence-corrected chi connectivity index (χ4v) is 2.78. The summed E-state index contributed by atoms with van der Waals surface area (Å²) in [5.41, 5.74) is 5.66. The molecule has 3 N–H and O–H groups in total. The summed E-state index contributed by atoms with van der Waals surface area (Å²) in [5.74, 6) is 0.0125. The van der Waals surface area contributed by atoms with Gasteiger partial charge in [-0.3, -0.25) is 4.79 Å². The van der Waals surface area contributed by atoms with Gasteiger partial charge in [-0.15, -0.1) is 0 Å². The Morgan fingerprint density at radius 2 is 2.36 bits per heavy atom. The third-order valence-corrected chi connectivity index (χ3v) is 4.03. The van der Waals surface area contributed by atoms with Crippen LogP contribution in [0.1, 0.15) is 32.6 Å². The van der Waals surface area contributed by atoms with Crippen LogP contribution >= 0.6 is 11.8 Å². The summed E-state index contributed by atoms with van der Waals surface area (Å²) < 4.78 is 0. The predicted octanol–water partition coefficient (Wildman–Crippen LogP) is 1.12. The number of nitrogens with one attached hydrogen (secondary N) is 1. The minimum Gasteiger partial charge on any atom is -0.351 e. The molecule has 0 radical (unpaired) electrons. The SMILES string of the molecule is CCC(N)C(=O)NC1CCCC1SC. The largest absolute Gasteiger partial charge is 0.351 e. The molecule has 0 aromatic rings. The predicted molar refractivity (Wildman–Crippen MR) is 61.4 cm³/mol. The van der Waals surface area contributed by atoms with Crippen LogP contribution in [0.25, 0.3) is 0 Å². The first-order chi connectivity index (χ1) is 6.69. The van der Waals surface area contributed by atoms with E-state index in [-0.39, 0.29) is 11.9 Å². The Bertz CT molecular complexity index is 199. The highest BCUT2D eigenvalue weighted by molar-refractivity contribution is 7.99. The molecule has 0 bridgehead atoms. The molecule has 0 saturated heterocycles. The normalized spacial score (nSPS) is 28.8. The van der Waals surface area contributed by atoms with E-state index < -0.39 is 0 Å². The molecular weight excluding hydrogens is 196 g/mol. The van der Waals surface area contributed by atoms with Crippen molar-refractivity contribution in [1.29, 1.82) is 0 Å². The lowest BCUT2D eigenvalue weighted by Crippen LogP contribution is -2.47. The van der Waals surface area contributed by atoms with Gasteiger partial charge < -0.3 is 11.1 Å². The van der Waals surface area contributed by atoms with Crippen LogP contribution in [0.5, 0.6) is 0 Å². The summed E-state index contributed by atoms with van der Waals surface area (Å²) in [5, 5.41) is 3.63. The van der Waals surface area contributed by atoms with Gasteiger partial charge in [0, 0.05) is 11.3 Å². The van der Waals surface area contributed by atoms with Crippen molar-refractivity contribution >= 4 is 17.7 Å². The Morgan fingerprint density at radius 1 is 1.64 bits per heavy atom. The first-order valence-corrected chi connectivity index (χ1v) is 6.56. The lowest BCUT2D eigenvalue weighted by atomic mass is 10.2. The number of hydrogen-bond acceptors (Lipinski definition) is 3. The van der Waals surface area contributed by atoms with Crippen LogP contribution in [0.2, 0.25) is 0 Å². The molecule has 3 nitrogen and oxygen atoms in total. The maximum Gasteiger partial charge on any atom is 0.237 e. The topological polar surface area (TPSA) is 55.1 Å². The minimum absolute atomic E-state index is 0.0125. The van der Waals surface area contributed by atoms with Crippen molar-refractivity contribution in [3.8, 4) is 0 Å². The molecule has 14 heavy (non-hydrogen) atoms. The van der Waals surface area contributed by atoms with Gasteiger partial charge in [-0.05, 0) is 25.5 Å². The fraction of sp³-hybridized carbons (Fsp3) is 0.900.